The van der Waals surface area contributed by atoms with Crippen molar-refractivity contribution in [3.63, 3.8) is 0 Å². The Morgan fingerprint density at radius 3 is 3.19 bits per heavy atom. The highest BCUT2D eigenvalue weighted by Crippen LogP contribution is 2.26. The van der Waals surface area contributed by atoms with Crippen molar-refractivity contribution in [2.45, 2.75) is 51.5 Å². The van der Waals surface area contributed by atoms with Crippen LogP contribution in [-0.4, -0.2) is 22.7 Å². The van der Waals surface area contributed by atoms with Gasteiger partial charge in [-0.3, -0.25) is 0 Å². The molecule has 0 spiro atoms. The van der Waals surface area contributed by atoms with Crippen molar-refractivity contribution in [3.05, 3.63) is 12.2 Å². The Morgan fingerprint density at radius 2 is 2.44 bits per heavy atom. The van der Waals surface area contributed by atoms with Gasteiger partial charge in [0, 0.05) is 19.0 Å². The number of nitrogens with one attached hydrogen (secondary N) is 1. The number of aromatic nitrogens is 2. The Hall–Kier alpha value is -0.900. The van der Waals surface area contributed by atoms with E-state index in [1.807, 2.05) is 0 Å². The first kappa shape index (κ1) is 11.6. The molecule has 4 heteroatoms. The maximum atomic E-state index is 4.70. The molecule has 2 atom stereocenters. The monoisotopic (exact) mass is 223 g/mol. The summed E-state index contributed by atoms with van der Waals surface area (Å²) in [4.78, 5) is 4.01. The summed E-state index contributed by atoms with van der Waals surface area (Å²) in [5.74, 6) is 1.73. The average molecular weight is 223 g/mol. The fraction of sp³-hybridized carbons (Fsp3) is 0.833. The molecule has 16 heavy (non-hydrogen) atoms. The van der Waals surface area contributed by atoms with Gasteiger partial charge in [0.15, 0.2) is 5.82 Å². The van der Waals surface area contributed by atoms with Gasteiger partial charge in [0.1, 0.15) is 0 Å². The average Bonchev–Trinajstić information content (AvgIpc) is 2.82. The van der Waals surface area contributed by atoms with Crippen molar-refractivity contribution >= 4 is 0 Å². The second-order valence-electron chi connectivity index (χ2n) is 4.69. The maximum absolute atomic E-state index is 4.70. The minimum absolute atomic E-state index is 0.700. The molecule has 1 heterocycles. The summed E-state index contributed by atoms with van der Waals surface area (Å²) >= 11 is 0. The van der Waals surface area contributed by atoms with Crippen molar-refractivity contribution in [2.75, 3.05) is 6.54 Å². The first-order valence-corrected chi connectivity index (χ1v) is 6.37. The first-order chi connectivity index (χ1) is 7.88. The highest BCUT2D eigenvalue weighted by atomic mass is 16.5. The maximum Gasteiger partial charge on any atom is 0.213 e. The summed E-state index contributed by atoms with van der Waals surface area (Å²) in [7, 11) is 0. The van der Waals surface area contributed by atoms with Crippen LogP contribution >= 0.6 is 0 Å². The summed E-state index contributed by atoms with van der Waals surface area (Å²) in [5.41, 5.74) is 0. The van der Waals surface area contributed by atoms with Gasteiger partial charge in [0.2, 0.25) is 6.39 Å². The van der Waals surface area contributed by atoms with Crippen LogP contribution in [-0.2, 0) is 6.42 Å². The van der Waals surface area contributed by atoms with E-state index in [2.05, 4.69) is 22.4 Å². The van der Waals surface area contributed by atoms with Crippen molar-refractivity contribution in [1.82, 2.24) is 15.5 Å². The zero-order chi connectivity index (χ0) is 11.2. The molecule has 0 radical (unpaired) electrons. The smallest absolute Gasteiger partial charge is 0.213 e. The highest BCUT2D eigenvalue weighted by molar-refractivity contribution is 4.82. The van der Waals surface area contributed by atoms with E-state index < -0.39 is 0 Å². The third-order valence-corrected chi connectivity index (χ3v) is 3.55. The predicted molar refractivity (Wildman–Crippen MR) is 62.0 cm³/mol. The SMILES string of the molecule is CCC1CCCC(NCCc2ncon2)C1. The van der Waals surface area contributed by atoms with Crippen LogP contribution in [0.25, 0.3) is 0 Å². The zero-order valence-corrected chi connectivity index (χ0v) is 9.98. The van der Waals surface area contributed by atoms with Crippen LogP contribution in [0.3, 0.4) is 0 Å². The van der Waals surface area contributed by atoms with E-state index in [0.717, 1.165) is 24.7 Å². The summed E-state index contributed by atoms with van der Waals surface area (Å²) in [6, 6.07) is 0.700. The molecule has 0 saturated heterocycles. The van der Waals surface area contributed by atoms with Crippen molar-refractivity contribution < 1.29 is 4.52 Å². The van der Waals surface area contributed by atoms with E-state index in [4.69, 9.17) is 4.52 Å². The van der Waals surface area contributed by atoms with Crippen LogP contribution in [0.15, 0.2) is 10.9 Å². The van der Waals surface area contributed by atoms with Crippen molar-refractivity contribution in [3.8, 4) is 0 Å². The van der Waals surface area contributed by atoms with E-state index in [1.165, 1.54) is 38.5 Å². The Kier molecular flexibility index (Phi) is 4.34. The molecule has 1 aromatic rings. The van der Waals surface area contributed by atoms with Gasteiger partial charge in [-0.2, -0.15) is 4.98 Å². The van der Waals surface area contributed by atoms with Gasteiger partial charge in [-0.15, -0.1) is 0 Å². The molecule has 4 nitrogen and oxygen atoms in total. The third kappa shape index (κ3) is 3.30. The highest BCUT2D eigenvalue weighted by Gasteiger charge is 2.19. The van der Waals surface area contributed by atoms with E-state index in [9.17, 15) is 0 Å². The molecule has 1 fully saturated rings. The summed E-state index contributed by atoms with van der Waals surface area (Å²) in [6.07, 6.45) is 9.03. The van der Waals surface area contributed by atoms with Gasteiger partial charge in [-0.25, -0.2) is 0 Å². The van der Waals surface area contributed by atoms with Gasteiger partial charge < -0.3 is 9.84 Å². The molecule has 1 N–H and O–H groups in total. The Bertz CT molecular complexity index is 286. The number of hydrogen-bond donors (Lipinski definition) is 1. The van der Waals surface area contributed by atoms with E-state index in [0.29, 0.717) is 6.04 Å². The third-order valence-electron chi connectivity index (χ3n) is 3.55. The molecule has 2 unspecified atom stereocenters. The van der Waals surface area contributed by atoms with Gasteiger partial charge in [-0.1, -0.05) is 31.3 Å². The largest absolute Gasteiger partial charge is 0.343 e. The van der Waals surface area contributed by atoms with Crippen molar-refractivity contribution in [1.29, 1.82) is 0 Å². The molecule has 1 aliphatic rings. The number of rotatable bonds is 5. The molecule has 0 aliphatic heterocycles. The molecular weight excluding hydrogens is 202 g/mol. The van der Waals surface area contributed by atoms with E-state index in [-0.39, 0.29) is 0 Å². The molecule has 1 saturated carbocycles. The lowest BCUT2D eigenvalue weighted by Gasteiger charge is -2.29. The molecule has 90 valence electrons. The van der Waals surface area contributed by atoms with Gasteiger partial charge in [0.05, 0.1) is 0 Å². The zero-order valence-electron chi connectivity index (χ0n) is 9.98. The molecule has 0 bridgehead atoms. The molecule has 1 aliphatic carbocycles. The van der Waals surface area contributed by atoms with Crippen molar-refractivity contribution in [2.24, 2.45) is 5.92 Å². The Balaban J connectivity index is 1.65. The van der Waals surface area contributed by atoms with Crippen LogP contribution < -0.4 is 5.32 Å². The second kappa shape index (κ2) is 5.99. The Labute approximate surface area is 96.8 Å². The topological polar surface area (TPSA) is 51.0 Å². The fourth-order valence-electron chi connectivity index (χ4n) is 2.54. The van der Waals surface area contributed by atoms with Gasteiger partial charge in [-0.05, 0) is 18.8 Å². The first-order valence-electron chi connectivity index (χ1n) is 6.37. The predicted octanol–water partition coefficient (Wildman–Crippen LogP) is 2.17. The van der Waals surface area contributed by atoms with Crippen LogP contribution in [0, 0.1) is 5.92 Å². The lowest BCUT2D eigenvalue weighted by atomic mass is 9.84. The molecular formula is C12H21N3O. The number of hydrogen-bond acceptors (Lipinski definition) is 4. The Morgan fingerprint density at radius 1 is 1.50 bits per heavy atom. The summed E-state index contributed by atoms with van der Waals surface area (Å²) in [6.45, 7) is 3.26. The quantitative estimate of drug-likeness (QED) is 0.831. The van der Waals surface area contributed by atoms with Crippen LogP contribution in [0.4, 0.5) is 0 Å². The van der Waals surface area contributed by atoms with Gasteiger partial charge in [0.25, 0.3) is 0 Å². The minimum Gasteiger partial charge on any atom is -0.343 e. The summed E-state index contributed by atoms with van der Waals surface area (Å²) in [5, 5.41) is 7.41. The fourth-order valence-corrected chi connectivity index (χ4v) is 2.54. The molecule has 2 rings (SSSR count). The van der Waals surface area contributed by atoms with Gasteiger partial charge >= 0.3 is 0 Å². The minimum atomic E-state index is 0.700. The van der Waals surface area contributed by atoms with E-state index in [1.54, 1.807) is 0 Å². The summed E-state index contributed by atoms with van der Waals surface area (Å²) < 4.78 is 4.70. The lowest BCUT2D eigenvalue weighted by molar-refractivity contribution is 0.280. The van der Waals surface area contributed by atoms with Crippen LogP contribution in [0.1, 0.15) is 44.9 Å². The van der Waals surface area contributed by atoms with E-state index >= 15 is 0 Å². The van der Waals surface area contributed by atoms with Crippen LogP contribution in [0.2, 0.25) is 0 Å². The normalized spacial score (nSPS) is 25.8. The molecule has 1 aromatic heterocycles. The number of nitrogens with zero attached hydrogens (tertiary/aromatic N) is 2. The second-order valence-corrected chi connectivity index (χ2v) is 4.69. The lowest BCUT2D eigenvalue weighted by Crippen LogP contribution is -2.35. The molecule has 0 amide bonds. The molecule has 0 aromatic carbocycles. The van der Waals surface area contributed by atoms with Crippen LogP contribution in [0.5, 0.6) is 0 Å². The standard InChI is InChI=1S/C12H21N3O/c1-2-10-4-3-5-11(8-10)13-7-6-12-14-9-16-15-12/h9-11,13H,2-8H2,1H3.